The van der Waals surface area contributed by atoms with Crippen LogP contribution < -0.4 is 9.37 Å². The number of rotatable bonds is 6. The SMILES string of the molecule is [Al+3].[CH-]=C(C)CCc1cccc([Si](C)(C)C)c1OS(=O)(=O)C(F)(F)F.[CH3-].[CH3-]. The zero-order valence-electron chi connectivity index (χ0n) is 16.1. The Morgan fingerprint density at radius 3 is 2.08 bits per heavy atom. The summed E-state index contributed by atoms with van der Waals surface area (Å²) in [6.07, 6.45) is 0.737. The van der Waals surface area contributed by atoms with E-state index in [0.29, 0.717) is 29.2 Å². The second-order valence-electron chi connectivity index (χ2n) is 6.37. The molecule has 0 aromatic heterocycles. The largest absolute Gasteiger partial charge is 3.00 e. The Balaban J connectivity index is -0.00000176. The number of hydrogen-bond acceptors (Lipinski definition) is 3. The summed E-state index contributed by atoms with van der Waals surface area (Å²) in [7, 11) is -7.83. The van der Waals surface area contributed by atoms with E-state index in [2.05, 4.69) is 4.18 Å². The maximum Gasteiger partial charge on any atom is 3.00 e. The van der Waals surface area contributed by atoms with Gasteiger partial charge < -0.3 is 25.6 Å². The molecule has 146 valence electrons. The molecule has 0 amide bonds. The van der Waals surface area contributed by atoms with Gasteiger partial charge in [-0.3, -0.25) is 5.57 Å². The molecule has 0 atom stereocenters. The number of aryl methyl sites for hydroxylation is 1. The molecule has 0 radical (unpaired) electrons. The average molecular weight is 423 g/mol. The zero-order valence-corrected chi connectivity index (χ0v) is 19.0. The molecule has 0 aliphatic heterocycles. The molecule has 0 aliphatic carbocycles. The molecule has 0 spiro atoms. The fourth-order valence-electron chi connectivity index (χ4n) is 1.96. The summed E-state index contributed by atoms with van der Waals surface area (Å²) in [6, 6.07) is 4.88. The molecule has 0 fully saturated rings. The van der Waals surface area contributed by atoms with Crippen LogP contribution in [0.3, 0.4) is 0 Å². The monoisotopic (exact) mass is 422 g/mol. The van der Waals surface area contributed by atoms with E-state index in [1.54, 1.807) is 25.1 Å². The van der Waals surface area contributed by atoms with E-state index in [1.807, 2.05) is 19.6 Å². The second-order valence-corrected chi connectivity index (χ2v) is 12.9. The third-order valence-electron chi connectivity index (χ3n) is 3.17. The van der Waals surface area contributed by atoms with E-state index in [0.717, 1.165) is 0 Å². The summed E-state index contributed by atoms with van der Waals surface area (Å²) in [5, 5.41) is 0.525. The normalized spacial score (nSPS) is 11.5. The predicted molar refractivity (Wildman–Crippen MR) is 105 cm³/mol. The Morgan fingerprint density at radius 2 is 1.69 bits per heavy atom. The first-order chi connectivity index (χ1) is 10.3. The standard InChI is InChI=1S/C15H20F3O3SSi.2CH3.Al/c1-11(2)9-10-12-7-6-8-13(23(3,4)5)14(12)21-22(19,20)15(16,17)18;;;/h1,6-8H,9-10H2,2-5H3;2*1H3;/q3*-1;+3. The van der Waals surface area contributed by atoms with Gasteiger partial charge in [0.25, 0.3) is 0 Å². The molecule has 0 saturated carbocycles. The molecule has 1 aromatic carbocycles. The molecule has 1 rings (SSSR count). The van der Waals surface area contributed by atoms with Crippen LogP contribution in [0.5, 0.6) is 5.75 Å². The van der Waals surface area contributed by atoms with Crippen molar-refractivity contribution in [3.05, 3.63) is 50.8 Å². The van der Waals surface area contributed by atoms with Crippen LogP contribution in [0.2, 0.25) is 19.6 Å². The second kappa shape index (κ2) is 10.5. The molecule has 0 saturated heterocycles. The molecule has 0 N–H and O–H groups in total. The van der Waals surface area contributed by atoms with Crippen molar-refractivity contribution in [1.82, 2.24) is 0 Å². The van der Waals surface area contributed by atoms with Crippen LogP contribution >= 0.6 is 0 Å². The minimum atomic E-state index is -5.71. The molecule has 9 heteroatoms. The minimum absolute atomic E-state index is 0. The fraction of sp³-hybridized carbons (Fsp3) is 0.412. The summed E-state index contributed by atoms with van der Waals surface area (Å²) in [5.41, 5.74) is -4.46. The van der Waals surface area contributed by atoms with Crippen LogP contribution in [-0.4, -0.2) is 39.4 Å². The van der Waals surface area contributed by atoms with Crippen molar-refractivity contribution in [3.63, 3.8) is 0 Å². The number of benzene rings is 1. The summed E-state index contributed by atoms with van der Waals surface area (Å²) < 4.78 is 65.4. The van der Waals surface area contributed by atoms with Crippen molar-refractivity contribution in [2.24, 2.45) is 0 Å². The Bertz CT molecular complexity index is 696. The van der Waals surface area contributed by atoms with Crippen molar-refractivity contribution in [1.29, 1.82) is 0 Å². The summed E-state index contributed by atoms with van der Waals surface area (Å²) in [5.74, 6) is -0.203. The van der Waals surface area contributed by atoms with Crippen molar-refractivity contribution in [2.75, 3.05) is 0 Å². The fourth-order valence-corrected chi connectivity index (χ4v) is 4.03. The Morgan fingerprint density at radius 1 is 1.19 bits per heavy atom. The molecular weight excluding hydrogens is 396 g/mol. The Hall–Kier alpha value is -0.751. The van der Waals surface area contributed by atoms with Crippen molar-refractivity contribution >= 4 is 40.7 Å². The number of alkyl halides is 3. The van der Waals surface area contributed by atoms with Crippen molar-refractivity contribution in [2.45, 2.75) is 44.9 Å². The number of allylic oxidation sites excluding steroid dienone is 1. The maximum atomic E-state index is 12.7. The molecule has 0 aliphatic rings. The van der Waals surface area contributed by atoms with Gasteiger partial charge in [-0.2, -0.15) is 21.6 Å². The van der Waals surface area contributed by atoms with E-state index in [9.17, 15) is 21.6 Å². The average Bonchev–Trinajstić information content (AvgIpc) is 2.34. The first-order valence-electron chi connectivity index (χ1n) is 6.96. The van der Waals surface area contributed by atoms with Crippen molar-refractivity contribution < 1.29 is 25.8 Å². The molecule has 3 nitrogen and oxygen atoms in total. The third kappa shape index (κ3) is 7.87. The van der Waals surface area contributed by atoms with E-state index >= 15 is 0 Å². The molecule has 26 heavy (non-hydrogen) atoms. The molecule has 0 bridgehead atoms. The van der Waals surface area contributed by atoms with E-state index in [1.165, 1.54) is 0 Å². The van der Waals surface area contributed by atoms with Crippen LogP contribution in [0.15, 0.2) is 23.8 Å². The number of para-hydroxylation sites is 1. The Kier molecular flexibility index (Phi) is 12.2. The van der Waals surface area contributed by atoms with Crippen LogP contribution in [0, 0.1) is 21.4 Å². The van der Waals surface area contributed by atoms with Gasteiger partial charge >= 0.3 is 33.0 Å². The molecular formula is C17H26AlF3O3SSi. The summed E-state index contributed by atoms with van der Waals surface area (Å²) in [4.78, 5) is 0. The van der Waals surface area contributed by atoms with E-state index in [4.69, 9.17) is 6.58 Å². The summed E-state index contributed by atoms with van der Waals surface area (Å²) >= 11 is 0. The number of hydrogen-bond donors (Lipinski definition) is 0. The quantitative estimate of drug-likeness (QED) is 0.297. The maximum absolute atomic E-state index is 12.7. The molecule has 0 unspecified atom stereocenters. The van der Waals surface area contributed by atoms with Crippen LogP contribution in [-0.2, 0) is 16.5 Å². The van der Waals surface area contributed by atoms with Crippen molar-refractivity contribution in [3.8, 4) is 5.75 Å². The third-order valence-corrected chi connectivity index (χ3v) is 6.13. The smallest absolute Gasteiger partial charge is 0.515 e. The van der Waals surface area contributed by atoms with Gasteiger partial charge in [-0.1, -0.05) is 51.2 Å². The van der Waals surface area contributed by atoms with Gasteiger partial charge in [0.05, 0.1) is 8.07 Å². The van der Waals surface area contributed by atoms with Crippen LogP contribution in [0.25, 0.3) is 0 Å². The number of halogens is 3. The first-order valence-corrected chi connectivity index (χ1v) is 11.9. The van der Waals surface area contributed by atoms with Gasteiger partial charge in [-0.15, -0.1) is 0 Å². The van der Waals surface area contributed by atoms with Gasteiger partial charge in [-0.25, -0.2) is 0 Å². The van der Waals surface area contributed by atoms with Gasteiger partial charge in [0.2, 0.25) is 0 Å². The zero-order chi connectivity index (χ0) is 18.1. The van der Waals surface area contributed by atoms with Crippen LogP contribution in [0.4, 0.5) is 13.2 Å². The topological polar surface area (TPSA) is 43.4 Å². The molecule has 1 aromatic rings. The van der Waals surface area contributed by atoms with E-state index < -0.39 is 23.7 Å². The first kappa shape index (κ1) is 30.0. The van der Waals surface area contributed by atoms with Gasteiger partial charge in [0.1, 0.15) is 5.75 Å². The van der Waals surface area contributed by atoms with Gasteiger partial charge in [0, 0.05) is 0 Å². The van der Waals surface area contributed by atoms with Crippen LogP contribution in [0.1, 0.15) is 18.9 Å². The van der Waals surface area contributed by atoms with Gasteiger partial charge in [0.15, 0.2) is 0 Å². The molecule has 0 heterocycles. The van der Waals surface area contributed by atoms with Gasteiger partial charge in [-0.05, 0) is 17.2 Å². The summed E-state index contributed by atoms with van der Waals surface area (Å²) in [6.45, 7) is 13.0. The predicted octanol–water partition coefficient (Wildman–Crippen LogP) is 4.29. The minimum Gasteiger partial charge on any atom is -0.515 e. The Labute approximate surface area is 167 Å². The van der Waals surface area contributed by atoms with E-state index in [-0.39, 0.29) is 38.0 Å².